The largest absolute Gasteiger partial charge is 0.357 e. The number of hydrogen-bond donors (Lipinski definition) is 2. The first-order valence-electron chi connectivity index (χ1n) is 7.02. The van der Waals surface area contributed by atoms with Gasteiger partial charge in [-0.1, -0.05) is 18.2 Å². The highest BCUT2D eigenvalue weighted by Gasteiger charge is 2.01. The Morgan fingerprint density at radius 1 is 1.29 bits per heavy atom. The quantitative estimate of drug-likeness (QED) is 0.291. The normalized spacial score (nSPS) is 10.9. The van der Waals surface area contributed by atoms with Gasteiger partial charge in [0.2, 0.25) is 0 Å². The lowest BCUT2D eigenvalue weighted by atomic mass is 10.1. The fourth-order valence-electron chi connectivity index (χ4n) is 1.76. The van der Waals surface area contributed by atoms with Crippen LogP contribution < -0.4 is 10.6 Å². The minimum atomic E-state index is -0.142. The van der Waals surface area contributed by atoms with Crippen LogP contribution in [0.15, 0.2) is 29.3 Å². The third-order valence-electron chi connectivity index (χ3n) is 2.77. The van der Waals surface area contributed by atoms with Crippen LogP contribution in [0.3, 0.4) is 0 Å². The molecule has 3 nitrogen and oxygen atoms in total. The van der Waals surface area contributed by atoms with Gasteiger partial charge >= 0.3 is 0 Å². The van der Waals surface area contributed by atoms with Crippen molar-refractivity contribution in [2.75, 3.05) is 31.6 Å². The molecule has 0 spiro atoms. The van der Waals surface area contributed by atoms with Crippen LogP contribution in [-0.4, -0.2) is 37.6 Å². The monoisotopic (exact) mass is 425 g/mol. The maximum absolute atomic E-state index is 13.5. The van der Waals surface area contributed by atoms with Gasteiger partial charge in [-0.05, 0) is 43.4 Å². The Morgan fingerprint density at radius 2 is 2.05 bits per heavy atom. The van der Waals surface area contributed by atoms with E-state index in [4.69, 9.17) is 0 Å². The lowest BCUT2D eigenvalue weighted by Crippen LogP contribution is -2.38. The van der Waals surface area contributed by atoms with E-state index < -0.39 is 0 Å². The van der Waals surface area contributed by atoms with Crippen LogP contribution in [-0.2, 0) is 6.42 Å². The van der Waals surface area contributed by atoms with E-state index in [0.717, 1.165) is 36.8 Å². The van der Waals surface area contributed by atoms with Gasteiger partial charge in [-0.2, -0.15) is 11.8 Å². The van der Waals surface area contributed by atoms with Crippen molar-refractivity contribution in [3.8, 4) is 0 Å². The van der Waals surface area contributed by atoms with Crippen molar-refractivity contribution in [1.82, 2.24) is 10.6 Å². The van der Waals surface area contributed by atoms with Gasteiger partial charge < -0.3 is 10.6 Å². The van der Waals surface area contributed by atoms with Crippen molar-refractivity contribution in [3.63, 3.8) is 0 Å². The summed E-state index contributed by atoms with van der Waals surface area (Å²) in [5.74, 6) is 1.79. The highest BCUT2D eigenvalue weighted by molar-refractivity contribution is 14.0. The molecular formula is C15H25FIN3S. The number of benzene rings is 1. The summed E-state index contributed by atoms with van der Waals surface area (Å²) in [6.45, 7) is 4.36. The van der Waals surface area contributed by atoms with Gasteiger partial charge in [0.15, 0.2) is 5.96 Å². The third-order valence-corrected chi connectivity index (χ3v) is 3.46. The van der Waals surface area contributed by atoms with Crippen molar-refractivity contribution in [3.05, 3.63) is 35.6 Å². The van der Waals surface area contributed by atoms with Crippen molar-refractivity contribution in [1.29, 1.82) is 0 Å². The molecule has 0 atom stereocenters. The van der Waals surface area contributed by atoms with E-state index in [2.05, 4.69) is 21.9 Å². The number of nitrogens with zero attached hydrogens (tertiary/aromatic N) is 1. The third kappa shape index (κ3) is 9.18. The van der Waals surface area contributed by atoms with Gasteiger partial charge in [0.1, 0.15) is 5.82 Å². The molecule has 0 radical (unpaired) electrons. The molecular weight excluding hydrogens is 400 g/mol. The van der Waals surface area contributed by atoms with E-state index >= 15 is 0 Å². The Hall–Kier alpha value is -0.500. The molecule has 0 fully saturated rings. The molecule has 0 amide bonds. The van der Waals surface area contributed by atoms with Gasteiger partial charge in [-0.25, -0.2) is 4.39 Å². The molecule has 0 aromatic heterocycles. The lowest BCUT2D eigenvalue weighted by molar-refractivity contribution is 0.606. The van der Waals surface area contributed by atoms with Gasteiger partial charge in [0, 0.05) is 19.6 Å². The SMILES string of the molecule is CCNC(=NCCCSC)NCCc1ccccc1F.I. The van der Waals surface area contributed by atoms with Gasteiger partial charge in [-0.15, -0.1) is 24.0 Å². The van der Waals surface area contributed by atoms with Gasteiger partial charge in [0.25, 0.3) is 0 Å². The van der Waals surface area contributed by atoms with E-state index in [0.29, 0.717) is 13.0 Å². The second-order valence-electron chi connectivity index (χ2n) is 4.38. The molecule has 1 aromatic rings. The first-order chi connectivity index (χ1) is 9.77. The smallest absolute Gasteiger partial charge is 0.191 e. The average Bonchev–Trinajstić information content (AvgIpc) is 2.45. The molecule has 0 aliphatic carbocycles. The van der Waals surface area contributed by atoms with E-state index in [-0.39, 0.29) is 29.8 Å². The summed E-state index contributed by atoms with van der Waals surface area (Å²) in [5.41, 5.74) is 0.734. The molecule has 6 heteroatoms. The Labute approximate surface area is 148 Å². The van der Waals surface area contributed by atoms with E-state index in [1.165, 1.54) is 6.07 Å². The second kappa shape index (κ2) is 13.2. The van der Waals surface area contributed by atoms with Crippen molar-refractivity contribution >= 4 is 41.7 Å². The zero-order valence-electron chi connectivity index (χ0n) is 12.7. The van der Waals surface area contributed by atoms with Gasteiger partial charge in [-0.3, -0.25) is 4.99 Å². The molecule has 0 aliphatic rings. The molecule has 0 heterocycles. The number of hydrogen-bond acceptors (Lipinski definition) is 2. The molecule has 0 saturated heterocycles. The molecule has 2 N–H and O–H groups in total. The summed E-state index contributed by atoms with van der Waals surface area (Å²) in [6.07, 6.45) is 3.83. The molecule has 0 bridgehead atoms. The zero-order valence-corrected chi connectivity index (χ0v) is 15.8. The fraction of sp³-hybridized carbons (Fsp3) is 0.533. The second-order valence-corrected chi connectivity index (χ2v) is 5.36. The summed E-state index contributed by atoms with van der Waals surface area (Å²) in [5, 5.41) is 6.44. The van der Waals surface area contributed by atoms with Crippen LogP contribution >= 0.6 is 35.7 Å². The number of aliphatic imine (C=N–C) groups is 1. The maximum atomic E-state index is 13.5. The highest BCUT2D eigenvalue weighted by Crippen LogP contribution is 2.06. The number of rotatable bonds is 8. The van der Waals surface area contributed by atoms with Crippen LogP contribution in [0.2, 0.25) is 0 Å². The maximum Gasteiger partial charge on any atom is 0.191 e. The molecule has 0 aliphatic heterocycles. The van der Waals surface area contributed by atoms with Crippen LogP contribution in [0.1, 0.15) is 18.9 Å². The van der Waals surface area contributed by atoms with Crippen LogP contribution in [0.25, 0.3) is 0 Å². The minimum absolute atomic E-state index is 0. The van der Waals surface area contributed by atoms with Crippen LogP contribution in [0, 0.1) is 5.82 Å². The first kappa shape index (κ1) is 20.5. The number of thioether (sulfide) groups is 1. The van der Waals surface area contributed by atoms with E-state index in [9.17, 15) is 4.39 Å². The summed E-state index contributed by atoms with van der Waals surface area (Å²) in [7, 11) is 0. The summed E-state index contributed by atoms with van der Waals surface area (Å²) in [4.78, 5) is 4.49. The fourth-order valence-corrected chi connectivity index (χ4v) is 2.18. The van der Waals surface area contributed by atoms with Crippen molar-refractivity contribution in [2.24, 2.45) is 4.99 Å². The summed E-state index contributed by atoms with van der Waals surface area (Å²) < 4.78 is 13.5. The predicted octanol–water partition coefficient (Wildman–Crippen LogP) is 3.29. The zero-order chi connectivity index (χ0) is 14.6. The molecule has 0 saturated carbocycles. The molecule has 21 heavy (non-hydrogen) atoms. The van der Waals surface area contributed by atoms with E-state index in [1.54, 1.807) is 6.07 Å². The Balaban J connectivity index is 0.00000400. The number of guanidine groups is 1. The van der Waals surface area contributed by atoms with Crippen LogP contribution in [0.4, 0.5) is 4.39 Å². The number of nitrogens with one attached hydrogen (secondary N) is 2. The van der Waals surface area contributed by atoms with Gasteiger partial charge in [0.05, 0.1) is 0 Å². The highest BCUT2D eigenvalue weighted by atomic mass is 127. The van der Waals surface area contributed by atoms with Crippen LogP contribution in [0.5, 0.6) is 0 Å². The Kier molecular flexibility index (Phi) is 12.9. The predicted molar refractivity (Wildman–Crippen MR) is 102 cm³/mol. The summed E-state index contributed by atoms with van der Waals surface area (Å²) >= 11 is 1.83. The molecule has 0 unspecified atom stereocenters. The Bertz CT molecular complexity index is 416. The standard InChI is InChI=1S/C15H24FN3S.HI/c1-3-17-15(18-10-6-12-20-2)19-11-9-13-7-4-5-8-14(13)16;/h4-5,7-8H,3,6,9-12H2,1-2H3,(H2,17,18,19);1H. The topological polar surface area (TPSA) is 36.4 Å². The summed E-state index contributed by atoms with van der Waals surface area (Å²) in [6, 6.07) is 6.89. The Morgan fingerprint density at radius 3 is 2.71 bits per heavy atom. The molecule has 1 aromatic carbocycles. The average molecular weight is 425 g/mol. The number of halogens is 2. The lowest BCUT2D eigenvalue weighted by Gasteiger charge is -2.11. The van der Waals surface area contributed by atoms with E-state index in [1.807, 2.05) is 30.8 Å². The van der Waals surface area contributed by atoms with Crippen molar-refractivity contribution in [2.45, 2.75) is 19.8 Å². The first-order valence-corrected chi connectivity index (χ1v) is 8.41. The molecule has 1 rings (SSSR count). The minimum Gasteiger partial charge on any atom is -0.357 e. The van der Waals surface area contributed by atoms with Crippen molar-refractivity contribution < 1.29 is 4.39 Å². The molecule has 120 valence electrons.